The van der Waals surface area contributed by atoms with E-state index in [1.54, 1.807) is 43.3 Å². The molecule has 2 aromatic carbocycles. The summed E-state index contributed by atoms with van der Waals surface area (Å²) in [6.07, 6.45) is 0. The third kappa shape index (κ3) is 3.61. The quantitative estimate of drug-likeness (QED) is 0.261. The average molecular weight is 493 g/mol. The fourth-order valence-electron chi connectivity index (χ4n) is 4.37. The van der Waals surface area contributed by atoms with Crippen molar-refractivity contribution in [1.82, 2.24) is 9.80 Å². The van der Waals surface area contributed by atoms with Crippen LogP contribution in [0.1, 0.15) is 38.0 Å². The van der Waals surface area contributed by atoms with Crippen LogP contribution < -0.4 is 4.74 Å². The summed E-state index contributed by atoms with van der Waals surface area (Å²) in [4.78, 5) is 66.7. The molecule has 178 valence electrons. The van der Waals surface area contributed by atoms with E-state index in [1.165, 1.54) is 35.9 Å². The van der Waals surface area contributed by atoms with Gasteiger partial charge in [-0.25, -0.2) is 4.79 Å². The van der Waals surface area contributed by atoms with Crippen LogP contribution in [0.3, 0.4) is 0 Å². The normalized spacial score (nSPS) is 20.9. The van der Waals surface area contributed by atoms with Gasteiger partial charge in [-0.3, -0.25) is 29.0 Å². The molecule has 0 spiro atoms. The monoisotopic (exact) mass is 492 g/mol. The lowest BCUT2D eigenvalue weighted by molar-refractivity contribution is -0.153. The zero-order valence-electron chi connectivity index (χ0n) is 18.8. The summed E-state index contributed by atoms with van der Waals surface area (Å²) in [5.41, 5.74) is 1.45. The number of β-lactam (4-membered cyclic amide) rings is 1. The molecule has 3 aliphatic heterocycles. The maximum atomic E-state index is 13.2. The maximum Gasteiger partial charge on any atom is 0.355 e. The average Bonchev–Trinajstić information content (AvgIpc) is 3.12. The summed E-state index contributed by atoms with van der Waals surface area (Å²) >= 11 is 1.35. The van der Waals surface area contributed by atoms with Gasteiger partial charge in [0, 0.05) is 11.3 Å². The summed E-state index contributed by atoms with van der Waals surface area (Å²) in [5.74, 6) is -2.03. The highest BCUT2D eigenvalue weighted by Gasteiger charge is 2.60. The number of ketones is 1. The number of carbonyl (C=O) groups is 5. The standard InChI is InChI=1S/C25H20N2O7S/c1-13-12-35-24-20(26-21(29)16-9-8-15(33-2)10-17(16)22(26)30)23(31)27(24)19(13)25(32)34-11-18(28)14-6-4-3-5-7-14/h3-10,20,24H,11-12H2,1-2H3/t20?,24-/m0/s1. The Balaban J connectivity index is 1.33. The van der Waals surface area contributed by atoms with E-state index in [0.717, 1.165) is 4.90 Å². The molecule has 0 N–H and O–H groups in total. The predicted molar refractivity (Wildman–Crippen MR) is 125 cm³/mol. The van der Waals surface area contributed by atoms with Crippen molar-refractivity contribution >= 4 is 41.2 Å². The number of rotatable bonds is 6. The molecule has 3 aliphatic rings. The van der Waals surface area contributed by atoms with E-state index in [-0.39, 0.29) is 22.6 Å². The second kappa shape index (κ2) is 8.70. The van der Waals surface area contributed by atoms with E-state index in [9.17, 15) is 24.0 Å². The number of methoxy groups -OCH3 is 1. The van der Waals surface area contributed by atoms with Crippen molar-refractivity contribution in [3.05, 3.63) is 76.5 Å². The maximum absolute atomic E-state index is 13.2. The van der Waals surface area contributed by atoms with E-state index >= 15 is 0 Å². The Morgan fingerprint density at radius 3 is 2.43 bits per heavy atom. The molecule has 10 heteroatoms. The van der Waals surface area contributed by atoms with Gasteiger partial charge in [-0.05, 0) is 30.7 Å². The summed E-state index contributed by atoms with van der Waals surface area (Å²) in [6.45, 7) is 1.23. The lowest BCUT2D eigenvalue weighted by Crippen LogP contribution is -2.71. The van der Waals surface area contributed by atoms with Crippen molar-refractivity contribution in [3.63, 3.8) is 0 Å². The highest BCUT2D eigenvalue weighted by atomic mass is 32.2. The molecule has 3 heterocycles. The Kier molecular flexibility index (Phi) is 5.68. The molecule has 1 unspecified atom stereocenters. The van der Waals surface area contributed by atoms with E-state index in [2.05, 4.69) is 0 Å². The number of fused-ring (bicyclic) bond motifs is 2. The zero-order valence-corrected chi connectivity index (χ0v) is 19.7. The summed E-state index contributed by atoms with van der Waals surface area (Å²) in [5, 5.41) is -0.623. The number of Topliss-reactive ketones (excluding diaryl/α,β-unsaturated/α-hetero) is 1. The van der Waals surface area contributed by atoms with Gasteiger partial charge in [0.2, 0.25) is 0 Å². The van der Waals surface area contributed by atoms with E-state index in [4.69, 9.17) is 9.47 Å². The number of ether oxygens (including phenoxy) is 2. The first-order valence-corrected chi connectivity index (χ1v) is 11.8. The van der Waals surface area contributed by atoms with Crippen LogP contribution in [0.5, 0.6) is 5.75 Å². The van der Waals surface area contributed by atoms with Crippen LogP contribution in [0.15, 0.2) is 59.8 Å². The Hall–Kier alpha value is -3.92. The zero-order chi connectivity index (χ0) is 24.9. The highest BCUT2D eigenvalue weighted by Crippen LogP contribution is 2.44. The minimum Gasteiger partial charge on any atom is -0.497 e. The van der Waals surface area contributed by atoms with Crippen molar-refractivity contribution in [2.75, 3.05) is 19.5 Å². The lowest BCUT2D eigenvalue weighted by atomic mass is 10.0. The summed E-state index contributed by atoms with van der Waals surface area (Å²) in [6, 6.07) is 11.9. The number of thioether (sulfide) groups is 1. The van der Waals surface area contributed by atoms with Crippen molar-refractivity contribution in [2.45, 2.75) is 18.3 Å². The van der Waals surface area contributed by atoms with Gasteiger partial charge in [0.1, 0.15) is 22.9 Å². The van der Waals surface area contributed by atoms with Crippen LogP contribution in [0.25, 0.3) is 0 Å². The van der Waals surface area contributed by atoms with Crippen molar-refractivity contribution < 1.29 is 33.4 Å². The Morgan fingerprint density at radius 1 is 1.00 bits per heavy atom. The van der Waals surface area contributed by atoms with Gasteiger partial charge in [0.25, 0.3) is 17.7 Å². The van der Waals surface area contributed by atoms with Crippen LogP contribution in [-0.2, 0) is 14.3 Å². The molecule has 0 saturated carbocycles. The van der Waals surface area contributed by atoms with Crippen molar-refractivity contribution in [3.8, 4) is 5.75 Å². The SMILES string of the molecule is COc1ccc2c(c1)C(=O)N(C1C(=O)N3C(C(=O)OCC(=O)c4ccccc4)=C(C)CS[C@@H]13)C2=O. The third-order valence-corrected chi connectivity index (χ3v) is 7.57. The molecule has 3 amide bonds. The number of nitrogens with zero attached hydrogens (tertiary/aromatic N) is 2. The second-order valence-electron chi connectivity index (χ2n) is 8.24. The second-order valence-corrected chi connectivity index (χ2v) is 9.35. The minimum atomic E-state index is -1.04. The fraction of sp³-hybridized carbons (Fsp3) is 0.240. The molecule has 2 aromatic rings. The Bertz CT molecular complexity index is 1320. The molecule has 0 radical (unpaired) electrons. The van der Waals surface area contributed by atoms with Gasteiger partial charge in [0.15, 0.2) is 12.4 Å². The predicted octanol–water partition coefficient (Wildman–Crippen LogP) is 2.28. The molecule has 5 rings (SSSR count). The number of amides is 3. The van der Waals surface area contributed by atoms with E-state index in [0.29, 0.717) is 22.6 Å². The van der Waals surface area contributed by atoms with E-state index < -0.39 is 41.7 Å². The molecular formula is C25H20N2O7S. The number of hydrogen-bond donors (Lipinski definition) is 0. The van der Waals surface area contributed by atoms with Gasteiger partial charge in [-0.2, -0.15) is 0 Å². The molecular weight excluding hydrogens is 472 g/mol. The first kappa shape index (κ1) is 22.9. The Morgan fingerprint density at radius 2 is 1.71 bits per heavy atom. The molecule has 9 nitrogen and oxygen atoms in total. The van der Waals surface area contributed by atoms with Crippen LogP contribution in [0.4, 0.5) is 0 Å². The lowest BCUT2D eigenvalue weighted by Gasteiger charge is -2.51. The number of esters is 1. The summed E-state index contributed by atoms with van der Waals surface area (Å²) < 4.78 is 10.4. The van der Waals surface area contributed by atoms with E-state index in [1.807, 2.05) is 0 Å². The molecule has 0 aliphatic carbocycles. The molecule has 0 aromatic heterocycles. The van der Waals surface area contributed by atoms with Gasteiger partial charge in [0.05, 0.1) is 18.2 Å². The molecule has 2 atom stereocenters. The first-order valence-electron chi connectivity index (χ1n) is 10.8. The van der Waals surface area contributed by atoms with Crippen LogP contribution >= 0.6 is 11.8 Å². The van der Waals surface area contributed by atoms with Gasteiger partial charge >= 0.3 is 5.97 Å². The number of benzene rings is 2. The number of hydrogen-bond acceptors (Lipinski definition) is 8. The molecule has 0 bridgehead atoms. The topological polar surface area (TPSA) is 110 Å². The number of carbonyl (C=O) groups excluding carboxylic acids is 5. The Labute approximate surface area is 204 Å². The molecule has 35 heavy (non-hydrogen) atoms. The van der Waals surface area contributed by atoms with Crippen molar-refractivity contribution in [2.24, 2.45) is 0 Å². The smallest absolute Gasteiger partial charge is 0.355 e. The molecule has 1 fully saturated rings. The van der Waals surface area contributed by atoms with Gasteiger partial charge < -0.3 is 9.47 Å². The first-order chi connectivity index (χ1) is 16.8. The van der Waals surface area contributed by atoms with Gasteiger partial charge in [-0.1, -0.05) is 30.3 Å². The minimum absolute atomic E-state index is 0.0501. The largest absolute Gasteiger partial charge is 0.497 e. The van der Waals surface area contributed by atoms with Crippen LogP contribution in [0, 0.1) is 0 Å². The van der Waals surface area contributed by atoms with Gasteiger partial charge in [-0.15, -0.1) is 11.8 Å². The fourth-order valence-corrected chi connectivity index (χ4v) is 5.71. The molecule has 1 saturated heterocycles. The summed E-state index contributed by atoms with van der Waals surface area (Å²) in [7, 11) is 1.45. The highest BCUT2D eigenvalue weighted by molar-refractivity contribution is 8.00. The number of imide groups is 1. The third-order valence-electron chi connectivity index (χ3n) is 6.16. The van der Waals surface area contributed by atoms with Crippen LogP contribution in [-0.4, -0.2) is 70.2 Å². The van der Waals surface area contributed by atoms with Crippen LogP contribution in [0.2, 0.25) is 0 Å². The van der Waals surface area contributed by atoms with Crippen molar-refractivity contribution in [1.29, 1.82) is 0 Å².